The summed E-state index contributed by atoms with van der Waals surface area (Å²) in [6.07, 6.45) is 1.73. The zero-order valence-electron chi connectivity index (χ0n) is 15.5. The fourth-order valence-corrected chi connectivity index (χ4v) is 3.41. The van der Waals surface area contributed by atoms with Crippen molar-refractivity contribution in [2.45, 2.75) is 33.2 Å². The van der Waals surface area contributed by atoms with Gasteiger partial charge in [0.15, 0.2) is 5.78 Å². The number of piperidine rings is 1. The van der Waals surface area contributed by atoms with Crippen LogP contribution in [0.3, 0.4) is 0 Å². The molecule has 0 aromatic heterocycles. The largest absolute Gasteiger partial charge is 0.326 e. The zero-order chi connectivity index (χ0) is 18.5. The van der Waals surface area contributed by atoms with Crippen LogP contribution in [0.1, 0.15) is 41.3 Å². The van der Waals surface area contributed by atoms with Gasteiger partial charge in [-0.3, -0.25) is 14.5 Å². The maximum absolute atomic E-state index is 12.7. The summed E-state index contributed by atoms with van der Waals surface area (Å²) >= 11 is 0. The number of carbonyl (C=O) groups excluding carboxylic acids is 2. The minimum Gasteiger partial charge on any atom is -0.326 e. The lowest BCUT2D eigenvalue weighted by Gasteiger charge is -2.31. The Bertz CT molecular complexity index is 778. The van der Waals surface area contributed by atoms with Crippen molar-refractivity contribution >= 4 is 17.4 Å². The van der Waals surface area contributed by atoms with Crippen molar-refractivity contribution in [2.24, 2.45) is 5.92 Å². The Hall–Kier alpha value is -2.46. The smallest absolute Gasteiger partial charge is 0.227 e. The molecular weight excluding hydrogens is 324 g/mol. The zero-order valence-corrected chi connectivity index (χ0v) is 15.5. The van der Waals surface area contributed by atoms with Crippen LogP contribution in [-0.4, -0.2) is 29.7 Å². The quantitative estimate of drug-likeness (QED) is 0.828. The third-order valence-corrected chi connectivity index (χ3v) is 5.11. The number of hydrogen-bond donors (Lipinski definition) is 1. The second-order valence-electron chi connectivity index (χ2n) is 7.11. The van der Waals surface area contributed by atoms with E-state index in [-0.39, 0.29) is 17.6 Å². The number of ketones is 1. The van der Waals surface area contributed by atoms with Crippen molar-refractivity contribution in [1.82, 2.24) is 4.90 Å². The van der Waals surface area contributed by atoms with Crippen LogP contribution in [0.25, 0.3) is 0 Å². The van der Waals surface area contributed by atoms with Crippen LogP contribution in [0, 0.1) is 12.8 Å². The van der Waals surface area contributed by atoms with E-state index in [1.54, 1.807) is 19.1 Å². The van der Waals surface area contributed by atoms with Crippen molar-refractivity contribution in [2.75, 3.05) is 18.4 Å². The number of rotatable bonds is 5. The van der Waals surface area contributed by atoms with Gasteiger partial charge >= 0.3 is 0 Å². The lowest BCUT2D eigenvalue weighted by atomic mass is 9.95. The van der Waals surface area contributed by atoms with Crippen LogP contribution in [0.2, 0.25) is 0 Å². The topological polar surface area (TPSA) is 49.4 Å². The Morgan fingerprint density at radius 2 is 1.77 bits per heavy atom. The van der Waals surface area contributed by atoms with Crippen molar-refractivity contribution in [3.63, 3.8) is 0 Å². The van der Waals surface area contributed by atoms with Crippen LogP contribution >= 0.6 is 0 Å². The number of Topliss-reactive ketones (excluding diaryl/α,β-unsaturated/α-hetero) is 1. The molecular formula is C22H26N2O2. The molecule has 1 N–H and O–H groups in total. The molecule has 1 aliphatic rings. The van der Waals surface area contributed by atoms with E-state index in [1.807, 2.05) is 19.1 Å². The molecule has 2 aromatic carbocycles. The van der Waals surface area contributed by atoms with Gasteiger partial charge in [-0.1, -0.05) is 42.5 Å². The molecule has 0 aliphatic carbocycles. The van der Waals surface area contributed by atoms with E-state index in [0.717, 1.165) is 43.7 Å². The van der Waals surface area contributed by atoms with Crippen LogP contribution in [0.5, 0.6) is 0 Å². The SMILES string of the molecule is CC(=O)c1ccc(C)c(NC(=O)C2CCN(Cc3ccccc3)CC2)c1. The van der Waals surface area contributed by atoms with E-state index in [9.17, 15) is 9.59 Å². The highest BCUT2D eigenvalue weighted by molar-refractivity contribution is 5.98. The minimum atomic E-state index is 0.00900. The van der Waals surface area contributed by atoms with E-state index in [2.05, 4.69) is 34.5 Å². The first-order chi connectivity index (χ1) is 12.5. The summed E-state index contributed by atoms with van der Waals surface area (Å²) in [4.78, 5) is 26.6. The average Bonchev–Trinajstić information content (AvgIpc) is 2.64. The van der Waals surface area contributed by atoms with Gasteiger partial charge in [0.05, 0.1) is 0 Å². The van der Waals surface area contributed by atoms with E-state index in [0.29, 0.717) is 5.56 Å². The molecule has 4 nitrogen and oxygen atoms in total. The molecule has 1 aliphatic heterocycles. The summed E-state index contributed by atoms with van der Waals surface area (Å²) in [6, 6.07) is 15.9. The number of carbonyl (C=O) groups is 2. The molecule has 3 rings (SSSR count). The van der Waals surface area contributed by atoms with Crippen LogP contribution < -0.4 is 5.32 Å². The molecule has 1 heterocycles. The predicted molar refractivity (Wildman–Crippen MR) is 104 cm³/mol. The molecule has 0 atom stereocenters. The second-order valence-corrected chi connectivity index (χ2v) is 7.11. The highest BCUT2D eigenvalue weighted by Gasteiger charge is 2.25. The van der Waals surface area contributed by atoms with Crippen LogP contribution in [0.4, 0.5) is 5.69 Å². The molecule has 4 heteroatoms. The van der Waals surface area contributed by atoms with Gasteiger partial charge in [0.25, 0.3) is 0 Å². The van der Waals surface area contributed by atoms with Gasteiger partial charge in [0, 0.05) is 23.7 Å². The number of hydrogen-bond acceptors (Lipinski definition) is 3. The second kappa shape index (κ2) is 8.28. The first-order valence-electron chi connectivity index (χ1n) is 9.21. The summed E-state index contributed by atoms with van der Waals surface area (Å²) in [5.41, 5.74) is 3.66. The van der Waals surface area contributed by atoms with Crippen LogP contribution in [0.15, 0.2) is 48.5 Å². The molecule has 1 fully saturated rings. The number of amides is 1. The lowest BCUT2D eigenvalue weighted by molar-refractivity contribution is -0.121. The first-order valence-corrected chi connectivity index (χ1v) is 9.21. The number of likely N-dealkylation sites (tertiary alicyclic amines) is 1. The molecule has 1 amide bonds. The maximum Gasteiger partial charge on any atom is 0.227 e. The van der Waals surface area contributed by atoms with E-state index in [4.69, 9.17) is 0 Å². The lowest BCUT2D eigenvalue weighted by Crippen LogP contribution is -2.37. The van der Waals surface area contributed by atoms with Crippen molar-refractivity contribution in [3.8, 4) is 0 Å². The van der Waals surface area contributed by atoms with Crippen molar-refractivity contribution in [3.05, 3.63) is 65.2 Å². The fourth-order valence-electron chi connectivity index (χ4n) is 3.41. The van der Waals surface area contributed by atoms with Gasteiger partial charge in [0.1, 0.15) is 0 Å². The molecule has 2 aromatic rings. The van der Waals surface area contributed by atoms with Gasteiger partial charge in [0.2, 0.25) is 5.91 Å². The highest BCUT2D eigenvalue weighted by Crippen LogP contribution is 2.23. The van der Waals surface area contributed by atoms with Crippen molar-refractivity contribution in [1.29, 1.82) is 0 Å². The van der Waals surface area contributed by atoms with E-state index in [1.165, 1.54) is 5.56 Å². The Balaban J connectivity index is 1.55. The van der Waals surface area contributed by atoms with E-state index < -0.39 is 0 Å². The number of nitrogens with zero attached hydrogens (tertiary/aromatic N) is 1. The summed E-state index contributed by atoms with van der Waals surface area (Å²) in [6.45, 7) is 6.29. The normalized spacial score (nSPS) is 15.6. The molecule has 0 bridgehead atoms. The maximum atomic E-state index is 12.7. The summed E-state index contributed by atoms with van der Waals surface area (Å²) < 4.78 is 0. The number of benzene rings is 2. The molecule has 0 radical (unpaired) electrons. The summed E-state index contributed by atoms with van der Waals surface area (Å²) in [7, 11) is 0. The molecule has 1 saturated heterocycles. The Morgan fingerprint density at radius 3 is 2.42 bits per heavy atom. The van der Waals surface area contributed by atoms with Crippen LogP contribution in [-0.2, 0) is 11.3 Å². The standard InChI is InChI=1S/C22H26N2O2/c1-16-8-9-20(17(2)25)14-21(16)23-22(26)19-10-12-24(13-11-19)15-18-6-4-3-5-7-18/h3-9,14,19H,10-13,15H2,1-2H3,(H,23,26). The molecule has 26 heavy (non-hydrogen) atoms. The summed E-state index contributed by atoms with van der Waals surface area (Å²) in [5, 5.41) is 3.03. The third-order valence-electron chi connectivity index (χ3n) is 5.11. The highest BCUT2D eigenvalue weighted by atomic mass is 16.2. The molecule has 0 spiro atoms. The predicted octanol–water partition coefficient (Wildman–Crippen LogP) is 4.05. The number of nitrogens with one attached hydrogen (secondary N) is 1. The Kier molecular flexibility index (Phi) is 5.84. The van der Waals surface area contributed by atoms with Crippen molar-refractivity contribution < 1.29 is 9.59 Å². The van der Waals surface area contributed by atoms with Gasteiger partial charge in [-0.05, 0) is 57.0 Å². The minimum absolute atomic E-state index is 0.00900. The monoisotopic (exact) mass is 350 g/mol. The number of aryl methyl sites for hydroxylation is 1. The van der Waals surface area contributed by atoms with Gasteiger partial charge in [-0.2, -0.15) is 0 Å². The Morgan fingerprint density at radius 1 is 1.08 bits per heavy atom. The molecule has 136 valence electrons. The van der Waals surface area contributed by atoms with E-state index >= 15 is 0 Å². The van der Waals surface area contributed by atoms with Gasteiger partial charge in [-0.15, -0.1) is 0 Å². The third kappa shape index (κ3) is 4.58. The fraction of sp³-hybridized carbons (Fsp3) is 0.364. The summed E-state index contributed by atoms with van der Waals surface area (Å²) in [5.74, 6) is 0.102. The van der Waals surface area contributed by atoms with Gasteiger partial charge in [-0.25, -0.2) is 0 Å². The van der Waals surface area contributed by atoms with Gasteiger partial charge < -0.3 is 5.32 Å². The Labute approximate surface area is 155 Å². The first kappa shape index (κ1) is 18.3. The molecule has 0 unspecified atom stereocenters. The molecule has 0 saturated carbocycles. The number of anilines is 1. The average molecular weight is 350 g/mol.